The molecule has 0 spiro atoms. The third kappa shape index (κ3) is 23.7. The minimum absolute atomic E-state index is 0.0392. The molecule has 0 saturated carbocycles. The van der Waals surface area contributed by atoms with Crippen LogP contribution in [0, 0.1) is 0 Å². The van der Waals surface area contributed by atoms with Gasteiger partial charge in [-0.25, -0.2) is 18.0 Å². The zero-order valence-electron chi connectivity index (χ0n) is 33.1. The number of carbonyl (C=O) groups excluding carboxylic acids is 6. The van der Waals surface area contributed by atoms with Crippen LogP contribution in [0.3, 0.4) is 0 Å². The molecule has 2 saturated heterocycles. The van der Waals surface area contributed by atoms with E-state index in [9.17, 15) is 37.2 Å². The number of ether oxygens (including phenoxy) is 1. The second kappa shape index (κ2) is 26.1. The molecular formula is C36H65N7O9S3. The van der Waals surface area contributed by atoms with Crippen LogP contribution in [0.5, 0.6) is 0 Å². The van der Waals surface area contributed by atoms with Crippen LogP contribution in [0.15, 0.2) is 0 Å². The highest BCUT2D eigenvalue weighted by Crippen LogP contribution is 2.33. The van der Waals surface area contributed by atoms with E-state index in [1.54, 1.807) is 20.8 Å². The van der Waals surface area contributed by atoms with Crippen molar-refractivity contribution in [2.45, 2.75) is 146 Å². The molecule has 2 unspecified atom stereocenters. The Balaban J connectivity index is 1.55. The molecule has 2 heterocycles. The van der Waals surface area contributed by atoms with Crippen LogP contribution in [-0.4, -0.2) is 117 Å². The Morgan fingerprint density at radius 1 is 0.782 bits per heavy atom. The topological polar surface area (TPSA) is 230 Å². The van der Waals surface area contributed by atoms with E-state index in [-0.39, 0.29) is 60.5 Å². The highest BCUT2D eigenvalue weighted by atomic mass is 33.1. The summed E-state index contributed by atoms with van der Waals surface area (Å²) in [6.45, 7) is 6.94. The molecule has 16 nitrogen and oxygen atoms in total. The summed E-state index contributed by atoms with van der Waals surface area (Å²) >= 11 is 1.88. The molecule has 7 amide bonds. The summed E-state index contributed by atoms with van der Waals surface area (Å²) in [7, 11) is -2.50. The molecule has 0 aromatic carbocycles. The van der Waals surface area contributed by atoms with Gasteiger partial charge in [0.1, 0.15) is 11.6 Å². The van der Waals surface area contributed by atoms with Crippen molar-refractivity contribution >= 4 is 67.2 Å². The molecule has 2 fully saturated rings. The average Bonchev–Trinajstić information content (AvgIpc) is 3.65. The Labute approximate surface area is 335 Å². The Kier molecular flexibility index (Phi) is 22.9. The van der Waals surface area contributed by atoms with Crippen LogP contribution in [0.4, 0.5) is 9.59 Å². The lowest BCUT2D eigenvalue weighted by atomic mass is 10.0. The number of amides is 7. The molecule has 316 valence electrons. The predicted molar refractivity (Wildman–Crippen MR) is 217 cm³/mol. The smallest absolute Gasteiger partial charge is 0.407 e. The first-order chi connectivity index (χ1) is 26.0. The third-order valence-corrected chi connectivity index (χ3v) is 12.9. The Morgan fingerprint density at radius 2 is 1.36 bits per heavy atom. The predicted octanol–water partition coefficient (Wildman–Crippen LogP) is 3.05. The fourth-order valence-corrected chi connectivity index (χ4v) is 9.28. The summed E-state index contributed by atoms with van der Waals surface area (Å²) < 4.78 is 28.0. The fraction of sp³-hybridized carbons (Fsp3) is 0.833. The number of fused-ring (bicyclic) bond motifs is 1. The van der Waals surface area contributed by atoms with Gasteiger partial charge in [-0.1, -0.05) is 19.3 Å². The van der Waals surface area contributed by atoms with Gasteiger partial charge in [-0.15, -0.1) is 0 Å². The van der Waals surface area contributed by atoms with Crippen molar-refractivity contribution in [2.75, 3.05) is 43.9 Å². The molecular weight excluding hydrogens is 771 g/mol. The monoisotopic (exact) mass is 835 g/mol. The quantitative estimate of drug-likeness (QED) is 0.0344. The highest BCUT2D eigenvalue weighted by Gasteiger charge is 2.42. The molecule has 2 aliphatic rings. The first-order valence-corrected chi connectivity index (χ1v) is 24.1. The Morgan fingerprint density at radius 3 is 1.98 bits per heavy atom. The first-order valence-electron chi connectivity index (χ1n) is 19.6. The number of nitrogens with one attached hydrogen (secondary N) is 7. The van der Waals surface area contributed by atoms with Crippen molar-refractivity contribution in [2.24, 2.45) is 0 Å². The third-order valence-electron chi connectivity index (χ3n) is 8.82. The van der Waals surface area contributed by atoms with Gasteiger partial charge in [0.05, 0.1) is 12.1 Å². The number of hydrogen-bond acceptors (Lipinski definition) is 11. The molecule has 7 N–H and O–H groups in total. The zero-order valence-corrected chi connectivity index (χ0v) is 35.5. The maximum atomic E-state index is 12.9. The normalized spacial score (nSPS) is 18.3. The lowest BCUT2D eigenvalue weighted by Gasteiger charge is -2.19. The first kappa shape index (κ1) is 48.2. The number of thioether (sulfide) groups is 1. The minimum Gasteiger partial charge on any atom is -0.444 e. The summed E-state index contributed by atoms with van der Waals surface area (Å²) in [6.07, 6.45) is 10.2. The van der Waals surface area contributed by atoms with Gasteiger partial charge in [0.25, 0.3) is 0 Å². The van der Waals surface area contributed by atoms with E-state index in [0.29, 0.717) is 82.7 Å². The van der Waals surface area contributed by atoms with Crippen molar-refractivity contribution in [3.05, 3.63) is 0 Å². The summed E-state index contributed by atoms with van der Waals surface area (Å²) in [4.78, 5) is 73.3. The summed E-state index contributed by atoms with van der Waals surface area (Å²) in [6, 6.07) is -0.466. The molecule has 0 radical (unpaired) electrons. The number of carbonyl (C=O) groups is 6. The van der Waals surface area contributed by atoms with Gasteiger partial charge in [0.2, 0.25) is 23.6 Å². The summed E-state index contributed by atoms with van der Waals surface area (Å²) in [5, 5.41) is 20.4. The maximum Gasteiger partial charge on any atom is 0.407 e. The van der Waals surface area contributed by atoms with E-state index in [1.807, 2.05) is 11.8 Å². The zero-order chi connectivity index (χ0) is 40.7. The van der Waals surface area contributed by atoms with Gasteiger partial charge in [-0.2, -0.15) is 11.8 Å². The van der Waals surface area contributed by atoms with Crippen LogP contribution in [0.2, 0.25) is 0 Å². The molecule has 0 bridgehead atoms. The lowest BCUT2D eigenvalue weighted by molar-refractivity contribution is -0.129. The van der Waals surface area contributed by atoms with Crippen molar-refractivity contribution in [1.29, 1.82) is 0 Å². The number of unbranched alkanes of at least 4 members (excludes halogenated alkanes) is 6. The molecule has 0 aromatic rings. The second-order valence-corrected chi connectivity index (χ2v) is 20.9. The standard InChI is InChI=1S/C36H65N7O9S3/c1-36(2,3)52-35(49)40-22-13-6-8-19-31(46)41-26(33(47)39-23-24-54-55(4,50)51)15-11-14-21-38-29(44)17-7-5-12-20-37-30(45)18-10-9-16-28-32-27(25-53-28)42-34(48)43-32/h26-28,32H,5-25H2,1-4H3,(H,37,45)(H,38,44)(H,39,47)(H,40,49)(H,41,46)(H2,42,43,48)/t26-,27?,28-,32?/m0/s1. The molecule has 0 aromatic heterocycles. The number of hydrogen-bond donors (Lipinski definition) is 7. The molecule has 55 heavy (non-hydrogen) atoms. The summed E-state index contributed by atoms with van der Waals surface area (Å²) in [5.41, 5.74) is -0.576. The van der Waals surface area contributed by atoms with Crippen molar-refractivity contribution in [3.63, 3.8) is 0 Å². The van der Waals surface area contributed by atoms with Crippen LogP contribution in [-0.2, 0) is 32.8 Å². The van der Waals surface area contributed by atoms with Crippen LogP contribution >= 0.6 is 22.6 Å². The molecule has 4 atom stereocenters. The highest BCUT2D eigenvalue weighted by molar-refractivity contribution is 8.71. The molecule has 2 aliphatic heterocycles. The van der Waals surface area contributed by atoms with E-state index in [0.717, 1.165) is 54.9 Å². The molecule has 2 rings (SSSR count). The van der Waals surface area contributed by atoms with E-state index in [2.05, 4.69) is 37.2 Å². The van der Waals surface area contributed by atoms with Crippen LogP contribution < -0.4 is 37.2 Å². The van der Waals surface area contributed by atoms with Gasteiger partial charge >= 0.3 is 12.1 Å². The number of rotatable bonds is 28. The van der Waals surface area contributed by atoms with Crippen LogP contribution in [0.25, 0.3) is 0 Å². The largest absolute Gasteiger partial charge is 0.444 e. The molecule has 0 aliphatic carbocycles. The summed E-state index contributed by atoms with van der Waals surface area (Å²) in [5.74, 6) is 0.439. The number of urea groups is 1. The van der Waals surface area contributed by atoms with E-state index >= 15 is 0 Å². The van der Waals surface area contributed by atoms with Gasteiger partial charge in [-0.3, -0.25) is 19.2 Å². The Hall–Kier alpha value is -2.93. The van der Waals surface area contributed by atoms with Crippen molar-refractivity contribution in [3.8, 4) is 0 Å². The van der Waals surface area contributed by atoms with E-state index in [4.69, 9.17) is 4.74 Å². The SMILES string of the molecule is CC(C)(C)OC(=O)NCCCCCC(=O)N[C@@H](CCCCNC(=O)CCCCCNC(=O)CCCC[C@@H]1SCC2NC(=O)NC21)C(=O)NCCSS(C)(=O)=O. The maximum absolute atomic E-state index is 12.9. The average molecular weight is 836 g/mol. The Bertz CT molecular complexity index is 1350. The molecule has 19 heteroatoms. The van der Waals surface area contributed by atoms with Gasteiger partial charge in [-0.05, 0) is 89.4 Å². The van der Waals surface area contributed by atoms with Gasteiger partial charge < -0.3 is 42.0 Å². The minimum atomic E-state index is -3.24. The second-order valence-electron chi connectivity index (χ2n) is 15.1. The fourth-order valence-electron chi connectivity index (χ4n) is 6.09. The lowest BCUT2D eigenvalue weighted by Crippen LogP contribution is -2.47. The van der Waals surface area contributed by atoms with Gasteiger partial charge in [0.15, 0.2) is 8.87 Å². The van der Waals surface area contributed by atoms with Crippen LogP contribution in [0.1, 0.15) is 117 Å². The van der Waals surface area contributed by atoms with Crippen molar-refractivity contribution < 1.29 is 41.9 Å². The van der Waals surface area contributed by atoms with Crippen molar-refractivity contribution in [1.82, 2.24) is 37.2 Å². The van der Waals surface area contributed by atoms with E-state index < -0.39 is 26.6 Å². The number of alkyl carbamates (subject to hydrolysis) is 1. The van der Waals surface area contributed by atoms with Gasteiger partial charge in [0, 0.05) is 68.5 Å². The van der Waals surface area contributed by atoms with E-state index in [1.165, 1.54) is 0 Å².